The fourth-order valence-electron chi connectivity index (χ4n) is 1.63. The van der Waals surface area contributed by atoms with Crippen molar-refractivity contribution in [3.8, 4) is 5.75 Å². The Bertz CT molecular complexity index is 477. The van der Waals surface area contributed by atoms with E-state index in [-0.39, 0.29) is 0 Å². The number of amides is 1. The lowest BCUT2D eigenvalue weighted by molar-refractivity contribution is -0.142. The van der Waals surface area contributed by atoms with Gasteiger partial charge in [-0.2, -0.15) is 0 Å². The molecular formula is C14H19NO4. The van der Waals surface area contributed by atoms with Crippen LogP contribution in [0.25, 0.3) is 0 Å². The molecule has 1 amide bonds. The molecule has 1 rings (SSSR count). The number of rotatable bonds is 4. The monoisotopic (exact) mass is 265 g/mol. The minimum Gasteiger partial charge on any atom is -0.497 e. The average molecular weight is 265 g/mol. The summed E-state index contributed by atoms with van der Waals surface area (Å²) in [6.45, 7) is 5.28. The lowest BCUT2D eigenvalue weighted by Crippen LogP contribution is -2.49. The van der Waals surface area contributed by atoms with Gasteiger partial charge in [-0.25, -0.2) is 4.79 Å². The van der Waals surface area contributed by atoms with Crippen molar-refractivity contribution in [2.24, 2.45) is 5.41 Å². The van der Waals surface area contributed by atoms with Crippen LogP contribution < -0.4 is 10.1 Å². The third-order valence-electron chi connectivity index (χ3n) is 2.72. The second-order valence-electron chi connectivity index (χ2n) is 5.34. The summed E-state index contributed by atoms with van der Waals surface area (Å²) >= 11 is 0. The van der Waals surface area contributed by atoms with Crippen molar-refractivity contribution in [2.45, 2.75) is 26.8 Å². The third-order valence-corrected chi connectivity index (χ3v) is 2.72. The van der Waals surface area contributed by atoms with Crippen LogP contribution in [0, 0.1) is 5.41 Å². The third kappa shape index (κ3) is 3.98. The van der Waals surface area contributed by atoms with Crippen molar-refractivity contribution >= 4 is 11.9 Å². The fraction of sp³-hybridized carbons (Fsp3) is 0.429. The smallest absolute Gasteiger partial charge is 0.326 e. The molecule has 0 aliphatic rings. The van der Waals surface area contributed by atoms with Gasteiger partial charge in [0.2, 0.25) is 0 Å². The summed E-state index contributed by atoms with van der Waals surface area (Å²) in [5.41, 5.74) is -0.199. The highest BCUT2D eigenvalue weighted by molar-refractivity contribution is 5.97. The molecule has 0 spiro atoms. The molecule has 0 radical (unpaired) electrons. The van der Waals surface area contributed by atoms with Gasteiger partial charge in [0, 0.05) is 5.56 Å². The molecule has 0 fully saturated rings. The maximum atomic E-state index is 12.0. The van der Waals surface area contributed by atoms with E-state index in [1.807, 2.05) is 0 Å². The maximum absolute atomic E-state index is 12.0. The van der Waals surface area contributed by atoms with E-state index < -0.39 is 23.3 Å². The summed E-state index contributed by atoms with van der Waals surface area (Å²) in [5, 5.41) is 11.7. The van der Waals surface area contributed by atoms with E-state index >= 15 is 0 Å². The Morgan fingerprint density at radius 3 is 2.42 bits per heavy atom. The Hall–Kier alpha value is -2.04. The largest absolute Gasteiger partial charge is 0.497 e. The number of methoxy groups -OCH3 is 1. The van der Waals surface area contributed by atoms with Gasteiger partial charge >= 0.3 is 5.97 Å². The van der Waals surface area contributed by atoms with Crippen molar-refractivity contribution in [3.05, 3.63) is 29.8 Å². The van der Waals surface area contributed by atoms with Gasteiger partial charge in [-0.15, -0.1) is 0 Å². The summed E-state index contributed by atoms with van der Waals surface area (Å²) < 4.78 is 5.03. The van der Waals surface area contributed by atoms with Crippen LogP contribution in [-0.2, 0) is 4.79 Å². The number of ether oxygens (including phenoxy) is 1. The molecular weight excluding hydrogens is 246 g/mol. The predicted octanol–water partition coefficient (Wildman–Crippen LogP) is 1.92. The van der Waals surface area contributed by atoms with E-state index in [4.69, 9.17) is 9.84 Å². The van der Waals surface area contributed by atoms with Crippen molar-refractivity contribution in [2.75, 3.05) is 7.11 Å². The molecule has 1 atom stereocenters. The van der Waals surface area contributed by atoms with Crippen LogP contribution in [0.4, 0.5) is 0 Å². The minimum absolute atomic E-state index is 0.370. The fourth-order valence-corrected chi connectivity index (χ4v) is 1.63. The molecule has 0 saturated heterocycles. The normalized spacial score (nSPS) is 12.6. The quantitative estimate of drug-likeness (QED) is 0.872. The van der Waals surface area contributed by atoms with Gasteiger partial charge < -0.3 is 15.2 Å². The molecule has 1 aromatic rings. The summed E-state index contributed by atoms with van der Waals surface area (Å²) in [5.74, 6) is -0.930. The first-order chi connectivity index (χ1) is 8.75. The molecule has 2 N–H and O–H groups in total. The van der Waals surface area contributed by atoms with E-state index in [2.05, 4.69) is 5.32 Å². The first-order valence-corrected chi connectivity index (χ1v) is 5.93. The first kappa shape index (κ1) is 15.0. The number of carboxylic acids is 1. The van der Waals surface area contributed by atoms with Gasteiger partial charge in [-0.05, 0) is 23.6 Å². The maximum Gasteiger partial charge on any atom is 0.326 e. The van der Waals surface area contributed by atoms with Crippen molar-refractivity contribution in [3.63, 3.8) is 0 Å². The number of hydrogen-bond acceptors (Lipinski definition) is 3. The molecule has 5 heteroatoms. The molecule has 0 aliphatic heterocycles. The van der Waals surface area contributed by atoms with Crippen LogP contribution in [0.2, 0.25) is 0 Å². The van der Waals surface area contributed by atoms with Crippen LogP contribution in [0.3, 0.4) is 0 Å². The number of carbonyl (C=O) groups is 2. The molecule has 0 aromatic heterocycles. The van der Waals surface area contributed by atoms with Crippen LogP contribution in [0.5, 0.6) is 5.75 Å². The van der Waals surface area contributed by atoms with Gasteiger partial charge in [-0.1, -0.05) is 26.8 Å². The zero-order valence-corrected chi connectivity index (χ0v) is 11.6. The Balaban J connectivity index is 2.91. The van der Waals surface area contributed by atoms with E-state index in [1.165, 1.54) is 7.11 Å². The summed E-state index contributed by atoms with van der Waals surface area (Å²) in [4.78, 5) is 23.2. The van der Waals surface area contributed by atoms with Gasteiger partial charge in [0.25, 0.3) is 5.91 Å². The van der Waals surface area contributed by atoms with Gasteiger partial charge in [-0.3, -0.25) is 4.79 Å². The highest BCUT2D eigenvalue weighted by atomic mass is 16.5. The zero-order chi connectivity index (χ0) is 14.6. The first-order valence-electron chi connectivity index (χ1n) is 5.93. The highest BCUT2D eigenvalue weighted by Crippen LogP contribution is 2.20. The van der Waals surface area contributed by atoms with E-state index in [0.717, 1.165) is 0 Å². The number of carbonyl (C=O) groups excluding carboxylic acids is 1. The molecule has 104 valence electrons. The Labute approximate surface area is 112 Å². The topological polar surface area (TPSA) is 75.6 Å². The minimum atomic E-state index is -1.05. The highest BCUT2D eigenvalue weighted by Gasteiger charge is 2.32. The molecule has 19 heavy (non-hydrogen) atoms. The lowest BCUT2D eigenvalue weighted by atomic mass is 9.86. The van der Waals surface area contributed by atoms with E-state index in [9.17, 15) is 9.59 Å². The summed E-state index contributed by atoms with van der Waals surface area (Å²) in [6.07, 6.45) is 0. The SMILES string of the molecule is COc1cccc(C(=O)N[C@@H](C(=O)O)C(C)(C)C)c1. The van der Waals surface area contributed by atoms with E-state index in [1.54, 1.807) is 45.0 Å². The molecule has 1 aromatic carbocycles. The Kier molecular flexibility index (Phi) is 4.53. The summed E-state index contributed by atoms with van der Waals surface area (Å²) in [7, 11) is 1.51. The molecule has 0 saturated carbocycles. The van der Waals surface area contributed by atoms with Gasteiger partial charge in [0.1, 0.15) is 11.8 Å². The van der Waals surface area contributed by atoms with E-state index in [0.29, 0.717) is 11.3 Å². The summed E-state index contributed by atoms with van der Waals surface area (Å²) in [6, 6.07) is 5.62. The molecule has 0 aliphatic carbocycles. The number of carboxylic acid groups (broad SMARTS) is 1. The number of hydrogen-bond donors (Lipinski definition) is 2. The standard InChI is InChI=1S/C14H19NO4/c1-14(2,3)11(13(17)18)15-12(16)9-6-5-7-10(8-9)19-4/h5-8,11H,1-4H3,(H,15,16)(H,17,18)/t11-/m0/s1. The predicted molar refractivity (Wildman–Crippen MR) is 71.3 cm³/mol. The Morgan fingerprint density at radius 1 is 1.32 bits per heavy atom. The zero-order valence-electron chi connectivity index (χ0n) is 11.6. The van der Waals surface area contributed by atoms with Crippen LogP contribution in [0.15, 0.2) is 24.3 Å². The van der Waals surface area contributed by atoms with Crippen LogP contribution in [0.1, 0.15) is 31.1 Å². The van der Waals surface area contributed by atoms with Gasteiger partial charge in [0.15, 0.2) is 0 Å². The van der Waals surface area contributed by atoms with Crippen molar-refractivity contribution in [1.29, 1.82) is 0 Å². The lowest BCUT2D eigenvalue weighted by Gasteiger charge is -2.27. The molecule has 0 bridgehead atoms. The number of benzene rings is 1. The van der Waals surface area contributed by atoms with Gasteiger partial charge in [0.05, 0.1) is 7.11 Å². The molecule has 5 nitrogen and oxygen atoms in total. The number of nitrogens with one attached hydrogen (secondary N) is 1. The Morgan fingerprint density at radius 2 is 1.95 bits per heavy atom. The van der Waals surface area contributed by atoms with Crippen LogP contribution in [-0.4, -0.2) is 30.1 Å². The average Bonchev–Trinajstić information content (AvgIpc) is 2.33. The second kappa shape index (κ2) is 5.73. The number of aliphatic carboxylic acids is 1. The second-order valence-corrected chi connectivity index (χ2v) is 5.34. The van der Waals surface area contributed by atoms with Crippen molar-refractivity contribution in [1.82, 2.24) is 5.32 Å². The molecule has 0 heterocycles. The van der Waals surface area contributed by atoms with Crippen molar-refractivity contribution < 1.29 is 19.4 Å². The van der Waals surface area contributed by atoms with Crippen LogP contribution >= 0.6 is 0 Å². The molecule has 0 unspecified atom stereocenters.